The predicted octanol–water partition coefficient (Wildman–Crippen LogP) is 2.44. The summed E-state index contributed by atoms with van der Waals surface area (Å²) in [7, 11) is 0. The normalized spacial score (nSPS) is 19.1. The molecule has 0 bridgehead atoms. The Bertz CT molecular complexity index is 855. The number of para-hydroxylation sites is 1. The lowest BCUT2D eigenvalue weighted by Gasteiger charge is -2.31. The van der Waals surface area contributed by atoms with Crippen molar-refractivity contribution < 1.29 is 14.3 Å². The highest BCUT2D eigenvalue weighted by atomic mass is 16.6. The predicted molar refractivity (Wildman–Crippen MR) is 112 cm³/mol. The second-order valence-electron chi connectivity index (χ2n) is 7.84. The molecule has 154 valence electrons. The number of amides is 1. The van der Waals surface area contributed by atoms with E-state index in [1.54, 1.807) is 0 Å². The third-order valence-corrected chi connectivity index (χ3v) is 5.60. The van der Waals surface area contributed by atoms with Crippen LogP contribution in [0.3, 0.4) is 0 Å². The Hall–Kier alpha value is -2.57. The number of nitrogens with zero attached hydrogens (tertiary/aromatic N) is 1. The quantitative estimate of drug-likeness (QED) is 0.753. The minimum atomic E-state index is -0.176. The van der Waals surface area contributed by atoms with Gasteiger partial charge in [0.25, 0.3) is 0 Å². The average molecular weight is 396 g/mol. The van der Waals surface area contributed by atoms with Crippen LogP contribution in [0.5, 0.6) is 11.5 Å². The smallest absolute Gasteiger partial charge is 0.221 e. The zero-order valence-electron chi connectivity index (χ0n) is 16.7. The van der Waals surface area contributed by atoms with Crippen molar-refractivity contribution in [3.8, 4) is 11.5 Å². The molecule has 2 aliphatic rings. The maximum Gasteiger partial charge on any atom is 0.221 e. The molecule has 2 aromatic carbocycles. The molecule has 1 atom stereocenters. The summed E-state index contributed by atoms with van der Waals surface area (Å²) in [4.78, 5) is 13.8. The molecule has 1 saturated heterocycles. The van der Waals surface area contributed by atoms with Gasteiger partial charge in [-0.2, -0.15) is 0 Å². The van der Waals surface area contributed by atoms with Crippen LogP contribution in [0.25, 0.3) is 0 Å². The van der Waals surface area contributed by atoms with E-state index >= 15 is 0 Å². The first-order valence-corrected chi connectivity index (χ1v) is 10.4. The fraction of sp³-hybridized carbons (Fsp3) is 0.435. The maximum absolute atomic E-state index is 11.5. The summed E-state index contributed by atoms with van der Waals surface area (Å²) < 4.78 is 11.4. The van der Waals surface area contributed by atoms with Crippen molar-refractivity contribution in [2.75, 3.05) is 26.3 Å². The van der Waals surface area contributed by atoms with Crippen LogP contribution in [0.4, 0.5) is 0 Å². The maximum atomic E-state index is 11.5. The van der Waals surface area contributed by atoms with Crippen molar-refractivity contribution in [2.45, 2.75) is 32.5 Å². The number of piperidine rings is 1. The van der Waals surface area contributed by atoms with Crippen molar-refractivity contribution in [1.29, 1.82) is 0 Å². The van der Waals surface area contributed by atoms with Crippen LogP contribution in [0.2, 0.25) is 0 Å². The standard InChI is InChI=1S/C23H29N3O3/c24-23(27)20-7-3-9-26(16-20)15-18-5-1-4-17(12-18)13-25-14-19-6-2-8-21-22(19)29-11-10-28-21/h1-2,4-6,8,12,20,25H,3,7,9-11,13-16H2,(H2,24,27). The Morgan fingerprint density at radius 3 is 2.83 bits per heavy atom. The van der Waals surface area contributed by atoms with Gasteiger partial charge in [0.05, 0.1) is 5.92 Å². The van der Waals surface area contributed by atoms with Crippen LogP contribution in [0, 0.1) is 5.92 Å². The number of carbonyl (C=O) groups excluding carboxylic acids is 1. The number of hydrogen-bond donors (Lipinski definition) is 2. The van der Waals surface area contributed by atoms with E-state index in [0.29, 0.717) is 13.2 Å². The molecule has 0 aromatic heterocycles. The van der Waals surface area contributed by atoms with Crippen LogP contribution in [-0.2, 0) is 24.4 Å². The van der Waals surface area contributed by atoms with Crippen molar-refractivity contribution in [3.63, 3.8) is 0 Å². The summed E-state index contributed by atoms with van der Waals surface area (Å²) >= 11 is 0. The number of primary amides is 1. The highest BCUT2D eigenvalue weighted by Gasteiger charge is 2.23. The van der Waals surface area contributed by atoms with Crippen molar-refractivity contribution in [1.82, 2.24) is 10.2 Å². The van der Waals surface area contributed by atoms with Crippen LogP contribution >= 0.6 is 0 Å². The molecule has 6 heteroatoms. The Balaban J connectivity index is 1.32. The molecule has 2 heterocycles. The van der Waals surface area contributed by atoms with E-state index in [9.17, 15) is 4.79 Å². The lowest BCUT2D eigenvalue weighted by atomic mass is 9.97. The molecule has 2 aromatic rings. The molecule has 1 amide bonds. The summed E-state index contributed by atoms with van der Waals surface area (Å²) in [5, 5.41) is 3.51. The third-order valence-electron chi connectivity index (χ3n) is 5.60. The van der Waals surface area contributed by atoms with Gasteiger partial charge in [-0.1, -0.05) is 36.4 Å². The van der Waals surface area contributed by atoms with E-state index in [2.05, 4.69) is 40.5 Å². The Morgan fingerprint density at radius 2 is 1.93 bits per heavy atom. The lowest BCUT2D eigenvalue weighted by molar-refractivity contribution is -0.123. The van der Waals surface area contributed by atoms with E-state index in [1.807, 2.05) is 12.1 Å². The monoisotopic (exact) mass is 395 g/mol. The molecule has 0 saturated carbocycles. The van der Waals surface area contributed by atoms with Gasteiger partial charge in [0.15, 0.2) is 11.5 Å². The molecular formula is C23H29N3O3. The van der Waals surface area contributed by atoms with E-state index in [1.165, 1.54) is 11.1 Å². The van der Waals surface area contributed by atoms with Gasteiger partial charge in [-0.3, -0.25) is 9.69 Å². The Morgan fingerprint density at radius 1 is 1.10 bits per heavy atom. The summed E-state index contributed by atoms with van der Waals surface area (Å²) in [6, 6.07) is 14.6. The molecule has 0 aliphatic carbocycles. The number of hydrogen-bond acceptors (Lipinski definition) is 5. The van der Waals surface area contributed by atoms with Gasteiger partial charge in [0.2, 0.25) is 5.91 Å². The van der Waals surface area contributed by atoms with E-state index in [4.69, 9.17) is 15.2 Å². The first kappa shape index (κ1) is 19.7. The van der Waals surface area contributed by atoms with Gasteiger partial charge < -0.3 is 20.5 Å². The second-order valence-corrected chi connectivity index (χ2v) is 7.84. The molecule has 1 fully saturated rings. The SMILES string of the molecule is NC(=O)C1CCCN(Cc2cccc(CNCc3cccc4c3OCCO4)c2)C1. The van der Waals surface area contributed by atoms with Gasteiger partial charge in [-0.15, -0.1) is 0 Å². The number of rotatable bonds is 7. The van der Waals surface area contributed by atoms with Crippen molar-refractivity contribution >= 4 is 5.91 Å². The Kier molecular flexibility index (Phi) is 6.32. The van der Waals surface area contributed by atoms with Crippen LogP contribution in [-0.4, -0.2) is 37.1 Å². The number of nitrogens with one attached hydrogen (secondary N) is 1. The van der Waals surface area contributed by atoms with Gasteiger partial charge in [-0.25, -0.2) is 0 Å². The fourth-order valence-corrected chi connectivity index (χ4v) is 4.14. The first-order chi connectivity index (χ1) is 14.2. The topological polar surface area (TPSA) is 76.8 Å². The largest absolute Gasteiger partial charge is 0.486 e. The van der Waals surface area contributed by atoms with Crippen LogP contribution in [0.1, 0.15) is 29.5 Å². The van der Waals surface area contributed by atoms with Crippen molar-refractivity contribution in [2.24, 2.45) is 11.7 Å². The minimum Gasteiger partial charge on any atom is -0.486 e. The zero-order valence-corrected chi connectivity index (χ0v) is 16.7. The van der Waals surface area contributed by atoms with Gasteiger partial charge in [0, 0.05) is 31.7 Å². The van der Waals surface area contributed by atoms with Gasteiger partial charge in [0.1, 0.15) is 13.2 Å². The summed E-state index contributed by atoms with van der Waals surface area (Å²) in [5.41, 5.74) is 9.13. The number of benzene rings is 2. The third kappa shape index (κ3) is 5.08. The zero-order chi connectivity index (χ0) is 20.1. The molecular weight excluding hydrogens is 366 g/mol. The summed E-state index contributed by atoms with van der Waals surface area (Å²) in [5.74, 6) is 1.49. The van der Waals surface area contributed by atoms with E-state index in [-0.39, 0.29) is 11.8 Å². The van der Waals surface area contributed by atoms with Crippen LogP contribution < -0.4 is 20.5 Å². The minimum absolute atomic E-state index is 0.0170. The summed E-state index contributed by atoms with van der Waals surface area (Å²) in [6.45, 7) is 5.35. The van der Waals surface area contributed by atoms with Crippen molar-refractivity contribution in [3.05, 3.63) is 59.2 Å². The first-order valence-electron chi connectivity index (χ1n) is 10.4. The van der Waals surface area contributed by atoms with Gasteiger partial charge in [-0.05, 0) is 36.6 Å². The number of carbonyl (C=O) groups is 1. The number of nitrogens with two attached hydrogens (primary N) is 1. The molecule has 3 N–H and O–H groups in total. The number of fused-ring (bicyclic) bond motifs is 1. The molecule has 6 nitrogen and oxygen atoms in total. The fourth-order valence-electron chi connectivity index (χ4n) is 4.14. The highest BCUT2D eigenvalue weighted by Crippen LogP contribution is 2.33. The lowest BCUT2D eigenvalue weighted by Crippen LogP contribution is -2.40. The molecule has 4 rings (SSSR count). The number of ether oxygens (including phenoxy) is 2. The average Bonchev–Trinajstić information content (AvgIpc) is 2.74. The van der Waals surface area contributed by atoms with E-state index < -0.39 is 0 Å². The molecule has 0 radical (unpaired) electrons. The summed E-state index contributed by atoms with van der Waals surface area (Å²) in [6.07, 6.45) is 1.94. The highest BCUT2D eigenvalue weighted by molar-refractivity contribution is 5.76. The van der Waals surface area contributed by atoms with Gasteiger partial charge >= 0.3 is 0 Å². The second kappa shape index (κ2) is 9.29. The van der Waals surface area contributed by atoms with Crippen LogP contribution in [0.15, 0.2) is 42.5 Å². The number of likely N-dealkylation sites (tertiary alicyclic amines) is 1. The Labute approximate surface area is 172 Å². The molecule has 29 heavy (non-hydrogen) atoms. The molecule has 1 unspecified atom stereocenters. The molecule has 0 spiro atoms. The van der Waals surface area contributed by atoms with E-state index in [0.717, 1.165) is 62.6 Å². The molecule has 2 aliphatic heterocycles.